The van der Waals surface area contributed by atoms with E-state index < -0.39 is 0 Å². The lowest BCUT2D eigenvalue weighted by Crippen LogP contribution is -2.11. The number of furan rings is 1. The van der Waals surface area contributed by atoms with Gasteiger partial charge in [-0.15, -0.1) is 0 Å². The third kappa shape index (κ3) is 5.42. The number of hydrogen-bond donors (Lipinski definition) is 0. The van der Waals surface area contributed by atoms with Crippen molar-refractivity contribution in [3.05, 3.63) is 212 Å². The van der Waals surface area contributed by atoms with E-state index in [2.05, 4.69) is 217 Å². The van der Waals surface area contributed by atoms with Gasteiger partial charge in [-0.05, 0) is 115 Å². The van der Waals surface area contributed by atoms with Crippen molar-refractivity contribution in [2.24, 2.45) is 0 Å². The molecule has 0 unspecified atom stereocenters. The first-order valence-electron chi connectivity index (χ1n) is 19.2. The highest BCUT2D eigenvalue weighted by molar-refractivity contribution is 6.11. The van der Waals surface area contributed by atoms with Crippen LogP contribution in [0, 0.1) is 0 Å². The van der Waals surface area contributed by atoms with Gasteiger partial charge in [-0.2, -0.15) is 0 Å². The molecule has 11 rings (SSSR count). The largest absolute Gasteiger partial charge is 0.456 e. The van der Waals surface area contributed by atoms with Gasteiger partial charge in [-0.3, -0.25) is 0 Å². The molecule has 10 aromatic carbocycles. The van der Waals surface area contributed by atoms with Crippen LogP contribution in [-0.4, -0.2) is 0 Å². The Bertz CT molecular complexity index is 3110. The van der Waals surface area contributed by atoms with Crippen LogP contribution in [0.5, 0.6) is 0 Å². The first-order chi connectivity index (χ1) is 27.7. The normalized spacial score (nSPS) is 11.6. The molecule has 0 saturated carbocycles. The van der Waals surface area contributed by atoms with Gasteiger partial charge in [0.2, 0.25) is 0 Å². The number of nitrogens with zero attached hydrogens (tertiary/aromatic N) is 1. The second kappa shape index (κ2) is 13.2. The lowest BCUT2D eigenvalue weighted by Gasteiger charge is -2.28. The Hall–Kier alpha value is -7.42. The SMILES string of the molecule is c1ccc(N(c2ccc(-c3cccc4ccccc34)cc2)c2ccc(-c3cccc4ccccc34)cc2)c(-c2ccc3oc4cc5ccccc5cc4c3c2)c1. The predicted molar refractivity (Wildman–Crippen MR) is 237 cm³/mol. The molecule has 0 saturated heterocycles. The van der Waals surface area contributed by atoms with Crippen molar-refractivity contribution in [3.63, 3.8) is 0 Å². The van der Waals surface area contributed by atoms with Crippen LogP contribution in [0.2, 0.25) is 0 Å². The van der Waals surface area contributed by atoms with E-state index in [-0.39, 0.29) is 0 Å². The minimum Gasteiger partial charge on any atom is -0.456 e. The van der Waals surface area contributed by atoms with E-state index in [1.54, 1.807) is 0 Å². The highest BCUT2D eigenvalue weighted by Gasteiger charge is 2.19. The zero-order valence-corrected chi connectivity index (χ0v) is 30.6. The van der Waals surface area contributed by atoms with Gasteiger partial charge in [0.1, 0.15) is 11.2 Å². The molecular weight excluding hydrogens is 679 g/mol. The zero-order chi connectivity index (χ0) is 37.0. The summed E-state index contributed by atoms with van der Waals surface area (Å²) in [6.45, 7) is 0. The summed E-state index contributed by atoms with van der Waals surface area (Å²) in [6, 6.07) is 76.6. The molecule has 0 aliphatic rings. The van der Waals surface area contributed by atoms with E-state index in [1.807, 2.05) is 0 Å². The fourth-order valence-electron chi connectivity index (χ4n) is 8.50. The minimum absolute atomic E-state index is 0.890. The summed E-state index contributed by atoms with van der Waals surface area (Å²) < 4.78 is 6.41. The number of para-hydroxylation sites is 1. The Kier molecular flexibility index (Phi) is 7.53. The van der Waals surface area contributed by atoms with Crippen molar-refractivity contribution >= 4 is 71.3 Å². The standard InChI is InChI=1S/C54H35NO/c1-2-14-41-35-54-51(33-40(41)13-1)50-34-42(27-32-53(50)56-54)49-19-7-8-22-52(49)55(43-28-23-38(24-29-43)47-20-9-15-36-11-3-5-17-45(36)47)44-30-25-39(26-31-44)48-21-10-16-37-12-4-6-18-46(37)48/h1-35H. The first kappa shape index (κ1) is 32.0. The van der Waals surface area contributed by atoms with Gasteiger partial charge in [0.25, 0.3) is 0 Å². The zero-order valence-electron chi connectivity index (χ0n) is 30.6. The van der Waals surface area contributed by atoms with Gasteiger partial charge in [0.15, 0.2) is 0 Å². The van der Waals surface area contributed by atoms with Gasteiger partial charge in [-0.1, -0.05) is 158 Å². The average Bonchev–Trinajstić information content (AvgIpc) is 3.62. The molecule has 0 radical (unpaired) electrons. The van der Waals surface area contributed by atoms with E-state index in [0.29, 0.717) is 0 Å². The summed E-state index contributed by atoms with van der Waals surface area (Å²) in [7, 11) is 0. The maximum absolute atomic E-state index is 6.41. The molecule has 11 aromatic rings. The van der Waals surface area contributed by atoms with Crippen molar-refractivity contribution in [1.29, 1.82) is 0 Å². The maximum Gasteiger partial charge on any atom is 0.136 e. The molecule has 0 aliphatic heterocycles. The summed E-state index contributed by atoms with van der Waals surface area (Å²) >= 11 is 0. The quantitative estimate of drug-likeness (QED) is 0.171. The number of benzene rings is 10. The first-order valence-corrected chi connectivity index (χ1v) is 19.2. The van der Waals surface area contributed by atoms with Crippen molar-refractivity contribution in [1.82, 2.24) is 0 Å². The third-order valence-electron chi connectivity index (χ3n) is 11.2. The molecule has 0 aliphatic carbocycles. The highest BCUT2D eigenvalue weighted by Crippen LogP contribution is 2.44. The van der Waals surface area contributed by atoms with Crippen LogP contribution in [0.25, 0.3) is 87.6 Å². The summed E-state index contributed by atoms with van der Waals surface area (Å²) in [6.07, 6.45) is 0. The van der Waals surface area contributed by atoms with Crippen molar-refractivity contribution < 1.29 is 4.42 Å². The molecule has 0 N–H and O–H groups in total. The van der Waals surface area contributed by atoms with Gasteiger partial charge < -0.3 is 9.32 Å². The topological polar surface area (TPSA) is 16.4 Å². The maximum atomic E-state index is 6.41. The second-order valence-corrected chi connectivity index (χ2v) is 14.5. The number of fused-ring (bicyclic) bond motifs is 6. The van der Waals surface area contributed by atoms with Crippen LogP contribution in [0.15, 0.2) is 217 Å². The Balaban J connectivity index is 1.06. The average molecular weight is 714 g/mol. The van der Waals surface area contributed by atoms with E-state index in [4.69, 9.17) is 4.42 Å². The van der Waals surface area contributed by atoms with Crippen LogP contribution in [0.1, 0.15) is 0 Å². The molecule has 1 heterocycles. The number of anilines is 3. The van der Waals surface area contributed by atoms with Crippen LogP contribution in [0.4, 0.5) is 17.1 Å². The van der Waals surface area contributed by atoms with E-state index in [0.717, 1.165) is 50.1 Å². The summed E-state index contributed by atoms with van der Waals surface area (Å²) in [4.78, 5) is 2.39. The molecule has 56 heavy (non-hydrogen) atoms. The Morgan fingerprint density at radius 1 is 0.286 bits per heavy atom. The molecule has 0 bridgehead atoms. The van der Waals surface area contributed by atoms with Crippen LogP contribution in [-0.2, 0) is 0 Å². The highest BCUT2D eigenvalue weighted by atomic mass is 16.3. The molecule has 0 atom stereocenters. The number of rotatable bonds is 6. The smallest absolute Gasteiger partial charge is 0.136 e. The van der Waals surface area contributed by atoms with Crippen molar-refractivity contribution in [2.75, 3.05) is 4.90 Å². The van der Waals surface area contributed by atoms with Crippen LogP contribution in [0.3, 0.4) is 0 Å². The van der Waals surface area contributed by atoms with Crippen LogP contribution >= 0.6 is 0 Å². The van der Waals surface area contributed by atoms with Gasteiger partial charge in [-0.25, -0.2) is 0 Å². The molecule has 1 aromatic heterocycles. The fourth-order valence-corrected chi connectivity index (χ4v) is 8.50. The summed E-state index contributed by atoms with van der Waals surface area (Å²) in [5, 5.41) is 9.62. The Labute approximate surface area is 325 Å². The second-order valence-electron chi connectivity index (χ2n) is 14.5. The Morgan fingerprint density at radius 2 is 0.750 bits per heavy atom. The Morgan fingerprint density at radius 3 is 1.38 bits per heavy atom. The van der Waals surface area contributed by atoms with E-state index in [9.17, 15) is 0 Å². The number of hydrogen-bond acceptors (Lipinski definition) is 2. The lowest BCUT2D eigenvalue weighted by molar-refractivity contribution is 0.669. The van der Waals surface area contributed by atoms with Gasteiger partial charge >= 0.3 is 0 Å². The van der Waals surface area contributed by atoms with Gasteiger partial charge in [0.05, 0.1) is 5.69 Å². The van der Waals surface area contributed by atoms with Crippen LogP contribution < -0.4 is 4.90 Å². The summed E-state index contributed by atoms with van der Waals surface area (Å²) in [5.74, 6) is 0. The molecule has 0 fully saturated rings. The molecule has 2 heteroatoms. The lowest BCUT2D eigenvalue weighted by atomic mass is 9.96. The minimum atomic E-state index is 0.890. The monoisotopic (exact) mass is 713 g/mol. The molecule has 0 spiro atoms. The van der Waals surface area contributed by atoms with Gasteiger partial charge in [0, 0.05) is 27.7 Å². The third-order valence-corrected chi connectivity index (χ3v) is 11.2. The molecule has 2 nitrogen and oxygen atoms in total. The van der Waals surface area contributed by atoms with Crippen molar-refractivity contribution in [3.8, 4) is 33.4 Å². The fraction of sp³-hybridized carbons (Fsp3) is 0. The van der Waals surface area contributed by atoms with E-state index >= 15 is 0 Å². The van der Waals surface area contributed by atoms with Crippen molar-refractivity contribution in [2.45, 2.75) is 0 Å². The summed E-state index contributed by atoms with van der Waals surface area (Å²) in [5.41, 5.74) is 12.2. The predicted octanol–water partition coefficient (Wildman–Crippen LogP) is 15.5. The van der Waals surface area contributed by atoms with E-state index in [1.165, 1.54) is 54.6 Å². The molecule has 0 amide bonds. The molecular formula is C54H35NO. The molecule has 262 valence electrons.